The van der Waals surface area contributed by atoms with Gasteiger partial charge in [-0.05, 0) is 30.2 Å². The number of anilines is 1. The van der Waals surface area contributed by atoms with E-state index < -0.39 is 0 Å². The van der Waals surface area contributed by atoms with E-state index in [0.717, 1.165) is 17.4 Å². The fraction of sp³-hybridized carbons (Fsp3) is 0.375. The second-order valence-electron chi connectivity index (χ2n) is 5.20. The molecular weight excluding hydrogens is 288 g/mol. The van der Waals surface area contributed by atoms with Gasteiger partial charge in [0.05, 0.1) is 4.34 Å². The summed E-state index contributed by atoms with van der Waals surface area (Å²) in [7, 11) is 0. The van der Waals surface area contributed by atoms with Crippen LogP contribution in [-0.4, -0.2) is 12.6 Å². The molecule has 0 bridgehead atoms. The smallest absolute Gasteiger partial charge is 0.0931 e. The summed E-state index contributed by atoms with van der Waals surface area (Å²) in [6.07, 6.45) is 0. The van der Waals surface area contributed by atoms with E-state index in [1.807, 2.05) is 12.1 Å². The van der Waals surface area contributed by atoms with E-state index in [2.05, 4.69) is 54.8 Å². The van der Waals surface area contributed by atoms with Gasteiger partial charge in [-0.15, -0.1) is 11.3 Å². The molecule has 0 saturated carbocycles. The van der Waals surface area contributed by atoms with Crippen LogP contribution >= 0.6 is 22.9 Å². The summed E-state index contributed by atoms with van der Waals surface area (Å²) < 4.78 is 0.852. The first kappa shape index (κ1) is 15.4. The van der Waals surface area contributed by atoms with Crippen molar-refractivity contribution in [3.8, 4) is 0 Å². The summed E-state index contributed by atoms with van der Waals surface area (Å²) in [6.45, 7) is 6.29. The second kappa shape index (κ2) is 7.67. The Labute approximate surface area is 130 Å². The summed E-state index contributed by atoms with van der Waals surface area (Å²) in [6, 6.07) is 14.8. The predicted octanol–water partition coefficient (Wildman–Crippen LogP) is 4.63. The molecule has 1 heterocycles. The van der Waals surface area contributed by atoms with E-state index in [1.165, 1.54) is 10.6 Å². The molecule has 0 radical (unpaired) electrons. The average Bonchev–Trinajstić information content (AvgIpc) is 2.84. The largest absolute Gasteiger partial charge is 0.381 e. The van der Waals surface area contributed by atoms with Gasteiger partial charge in [0.15, 0.2) is 0 Å². The molecule has 0 fully saturated rings. The first-order chi connectivity index (χ1) is 9.65. The van der Waals surface area contributed by atoms with Crippen molar-refractivity contribution in [1.29, 1.82) is 0 Å². The molecule has 2 N–H and O–H groups in total. The number of para-hydroxylation sites is 1. The minimum Gasteiger partial charge on any atom is -0.381 e. The molecular formula is C16H21ClN2S. The molecule has 2 nitrogen and oxygen atoms in total. The molecule has 0 spiro atoms. The van der Waals surface area contributed by atoms with Crippen LogP contribution in [0.15, 0.2) is 42.5 Å². The predicted molar refractivity (Wildman–Crippen MR) is 89.7 cm³/mol. The van der Waals surface area contributed by atoms with Crippen molar-refractivity contribution in [2.24, 2.45) is 5.92 Å². The van der Waals surface area contributed by atoms with Crippen LogP contribution in [0.1, 0.15) is 18.7 Å². The molecule has 0 saturated heterocycles. The highest BCUT2D eigenvalue weighted by molar-refractivity contribution is 7.16. The molecule has 2 aromatic rings. The Kier molecular flexibility index (Phi) is 5.89. The lowest BCUT2D eigenvalue weighted by Gasteiger charge is -2.24. The van der Waals surface area contributed by atoms with Crippen LogP contribution in [0.2, 0.25) is 4.34 Å². The van der Waals surface area contributed by atoms with E-state index in [1.54, 1.807) is 11.3 Å². The van der Waals surface area contributed by atoms with Crippen LogP contribution in [0, 0.1) is 5.92 Å². The van der Waals surface area contributed by atoms with Crippen molar-refractivity contribution in [2.45, 2.75) is 26.4 Å². The van der Waals surface area contributed by atoms with Gasteiger partial charge < -0.3 is 10.6 Å². The summed E-state index contributed by atoms with van der Waals surface area (Å²) in [5.74, 6) is 0.564. The SMILES string of the molecule is CC(C)C(CNCc1ccc(Cl)s1)Nc1ccccc1. The van der Waals surface area contributed by atoms with Crippen molar-refractivity contribution in [3.63, 3.8) is 0 Å². The Morgan fingerprint density at radius 3 is 2.45 bits per heavy atom. The molecule has 1 aromatic heterocycles. The Morgan fingerprint density at radius 2 is 1.85 bits per heavy atom. The summed E-state index contributed by atoms with van der Waals surface area (Å²) in [5, 5.41) is 7.09. The first-order valence-corrected chi connectivity index (χ1v) is 8.11. The molecule has 0 aliphatic rings. The van der Waals surface area contributed by atoms with Crippen LogP contribution in [0.3, 0.4) is 0 Å². The lowest BCUT2D eigenvalue weighted by molar-refractivity contribution is 0.485. The fourth-order valence-electron chi connectivity index (χ4n) is 2.00. The normalized spacial score (nSPS) is 12.6. The van der Waals surface area contributed by atoms with Crippen molar-refractivity contribution in [1.82, 2.24) is 5.32 Å². The number of hydrogen-bond acceptors (Lipinski definition) is 3. The lowest BCUT2D eigenvalue weighted by atomic mass is 10.0. The topological polar surface area (TPSA) is 24.1 Å². The Morgan fingerprint density at radius 1 is 1.10 bits per heavy atom. The number of nitrogens with one attached hydrogen (secondary N) is 2. The minimum absolute atomic E-state index is 0.410. The fourth-order valence-corrected chi connectivity index (χ4v) is 3.06. The van der Waals surface area contributed by atoms with Crippen molar-refractivity contribution < 1.29 is 0 Å². The zero-order chi connectivity index (χ0) is 14.4. The van der Waals surface area contributed by atoms with Gasteiger partial charge in [-0.1, -0.05) is 43.6 Å². The number of rotatable bonds is 7. The first-order valence-electron chi connectivity index (χ1n) is 6.91. The number of thiophene rings is 1. The molecule has 4 heteroatoms. The van der Waals surface area contributed by atoms with Gasteiger partial charge in [-0.3, -0.25) is 0 Å². The van der Waals surface area contributed by atoms with Gasteiger partial charge in [-0.2, -0.15) is 0 Å². The van der Waals surface area contributed by atoms with E-state index >= 15 is 0 Å². The van der Waals surface area contributed by atoms with E-state index in [-0.39, 0.29) is 0 Å². The van der Waals surface area contributed by atoms with Gasteiger partial charge in [0.1, 0.15) is 0 Å². The van der Waals surface area contributed by atoms with Crippen molar-refractivity contribution in [3.05, 3.63) is 51.7 Å². The molecule has 1 atom stereocenters. The Hall–Kier alpha value is -1.03. The summed E-state index contributed by atoms with van der Waals surface area (Å²) in [4.78, 5) is 1.28. The van der Waals surface area contributed by atoms with E-state index in [4.69, 9.17) is 11.6 Å². The molecule has 1 aromatic carbocycles. The summed E-state index contributed by atoms with van der Waals surface area (Å²) >= 11 is 7.57. The standard InChI is InChI=1S/C16H21ClN2S/c1-12(2)15(19-13-6-4-3-5-7-13)11-18-10-14-8-9-16(17)20-14/h3-9,12,15,18-19H,10-11H2,1-2H3. The molecule has 0 aliphatic carbocycles. The average molecular weight is 309 g/mol. The second-order valence-corrected chi connectivity index (χ2v) is 7.00. The molecule has 2 rings (SSSR count). The van der Waals surface area contributed by atoms with Crippen LogP contribution in [0.5, 0.6) is 0 Å². The van der Waals surface area contributed by atoms with Gasteiger partial charge in [0.25, 0.3) is 0 Å². The van der Waals surface area contributed by atoms with E-state index in [9.17, 15) is 0 Å². The third kappa shape index (κ3) is 4.82. The highest BCUT2D eigenvalue weighted by Gasteiger charge is 2.12. The van der Waals surface area contributed by atoms with Crippen LogP contribution in [0.25, 0.3) is 0 Å². The third-order valence-electron chi connectivity index (χ3n) is 3.22. The number of benzene rings is 1. The Balaban J connectivity index is 1.83. The maximum absolute atomic E-state index is 5.94. The van der Waals surface area contributed by atoms with Gasteiger partial charge in [-0.25, -0.2) is 0 Å². The number of hydrogen-bond donors (Lipinski definition) is 2. The highest BCUT2D eigenvalue weighted by Crippen LogP contribution is 2.21. The van der Waals surface area contributed by atoms with E-state index in [0.29, 0.717) is 12.0 Å². The molecule has 20 heavy (non-hydrogen) atoms. The monoisotopic (exact) mass is 308 g/mol. The van der Waals surface area contributed by atoms with Crippen LogP contribution < -0.4 is 10.6 Å². The summed E-state index contributed by atoms with van der Waals surface area (Å²) in [5.41, 5.74) is 1.17. The zero-order valence-electron chi connectivity index (χ0n) is 11.9. The van der Waals surface area contributed by atoms with Gasteiger partial charge in [0.2, 0.25) is 0 Å². The van der Waals surface area contributed by atoms with Crippen LogP contribution in [0.4, 0.5) is 5.69 Å². The molecule has 108 valence electrons. The molecule has 0 aliphatic heterocycles. The van der Waals surface area contributed by atoms with Gasteiger partial charge in [0, 0.05) is 29.7 Å². The maximum atomic E-state index is 5.94. The third-order valence-corrected chi connectivity index (χ3v) is 4.45. The highest BCUT2D eigenvalue weighted by atomic mass is 35.5. The lowest BCUT2D eigenvalue weighted by Crippen LogP contribution is -2.36. The quantitative estimate of drug-likeness (QED) is 0.779. The molecule has 0 amide bonds. The number of halogens is 1. The zero-order valence-corrected chi connectivity index (χ0v) is 13.5. The van der Waals surface area contributed by atoms with Crippen LogP contribution in [-0.2, 0) is 6.54 Å². The maximum Gasteiger partial charge on any atom is 0.0931 e. The Bertz CT molecular complexity index is 510. The van der Waals surface area contributed by atoms with Gasteiger partial charge >= 0.3 is 0 Å². The molecule has 1 unspecified atom stereocenters. The van der Waals surface area contributed by atoms with Crippen molar-refractivity contribution >= 4 is 28.6 Å². The van der Waals surface area contributed by atoms with Crippen molar-refractivity contribution in [2.75, 3.05) is 11.9 Å². The minimum atomic E-state index is 0.410.